The van der Waals surface area contributed by atoms with E-state index in [-0.39, 0.29) is 29.0 Å². The minimum Gasteiger partial charge on any atom is -0.326 e. The van der Waals surface area contributed by atoms with Crippen LogP contribution in [0.25, 0.3) is 0 Å². The number of carbonyl (C=O) groups is 2. The molecule has 2 aromatic carbocycles. The van der Waals surface area contributed by atoms with E-state index in [9.17, 15) is 18.0 Å². The summed E-state index contributed by atoms with van der Waals surface area (Å²) in [6.07, 6.45) is 0.765. The molecule has 0 unspecified atom stereocenters. The number of sulfonamides is 1. The Kier molecular flexibility index (Phi) is 7.92. The van der Waals surface area contributed by atoms with Gasteiger partial charge in [-0.1, -0.05) is 26.0 Å². The van der Waals surface area contributed by atoms with Gasteiger partial charge in [-0.05, 0) is 54.3 Å². The summed E-state index contributed by atoms with van der Waals surface area (Å²) >= 11 is 0. The SMILES string of the molecule is CC(=O)Nc1ccc(NC(=O)CCc2ccc(S(=O)(=O)NCC(C)C)cc2)cc1. The average molecular weight is 418 g/mol. The molecule has 0 aliphatic carbocycles. The number of carbonyl (C=O) groups excluding carboxylic acids is 2. The van der Waals surface area contributed by atoms with Crippen LogP contribution in [-0.2, 0) is 26.0 Å². The summed E-state index contributed by atoms with van der Waals surface area (Å²) in [5, 5.41) is 5.46. The zero-order valence-corrected chi connectivity index (χ0v) is 17.7. The molecule has 0 aliphatic heterocycles. The minimum absolute atomic E-state index is 0.146. The number of amides is 2. The smallest absolute Gasteiger partial charge is 0.240 e. The molecular weight excluding hydrogens is 390 g/mol. The first kappa shape index (κ1) is 22.6. The fraction of sp³-hybridized carbons (Fsp3) is 0.333. The van der Waals surface area contributed by atoms with Crippen LogP contribution < -0.4 is 15.4 Å². The van der Waals surface area contributed by atoms with E-state index in [0.29, 0.717) is 24.3 Å². The first-order chi connectivity index (χ1) is 13.7. The molecule has 3 N–H and O–H groups in total. The number of hydrogen-bond donors (Lipinski definition) is 3. The fourth-order valence-electron chi connectivity index (χ4n) is 2.52. The topological polar surface area (TPSA) is 104 Å². The largest absolute Gasteiger partial charge is 0.326 e. The third-order valence-corrected chi connectivity index (χ3v) is 5.48. The summed E-state index contributed by atoms with van der Waals surface area (Å²) in [7, 11) is -3.51. The predicted molar refractivity (Wildman–Crippen MR) is 114 cm³/mol. The molecule has 156 valence electrons. The number of hydrogen-bond acceptors (Lipinski definition) is 4. The van der Waals surface area contributed by atoms with E-state index in [0.717, 1.165) is 5.56 Å². The van der Waals surface area contributed by atoms with E-state index in [1.165, 1.54) is 6.92 Å². The highest BCUT2D eigenvalue weighted by atomic mass is 32.2. The van der Waals surface area contributed by atoms with E-state index in [1.54, 1.807) is 48.5 Å². The van der Waals surface area contributed by atoms with Gasteiger partial charge in [-0.3, -0.25) is 9.59 Å². The third-order valence-electron chi connectivity index (χ3n) is 4.05. The van der Waals surface area contributed by atoms with Crippen molar-refractivity contribution in [2.75, 3.05) is 17.2 Å². The maximum absolute atomic E-state index is 12.2. The Morgan fingerprint density at radius 1 is 0.897 bits per heavy atom. The molecule has 0 radical (unpaired) electrons. The Labute approximate surface area is 172 Å². The number of aryl methyl sites for hydroxylation is 1. The van der Waals surface area contributed by atoms with Gasteiger partial charge in [0.15, 0.2) is 0 Å². The molecule has 0 aromatic heterocycles. The Morgan fingerprint density at radius 3 is 1.97 bits per heavy atom. The lowest BCUT2D eigenvalue weighted by Crippen LogP contribution is -2.27. The highest BCUT2D eigenvalue weighted by Crippen LogP contribution is 2.15. The van der Waals surface area contributed by atoms with E-state index >= 15 is 0 Å². The second kappa shape index (κ2) is 10.2. The van der Waals surface area contributed by atoms with Gasteiger partial charge in [0.05, 0.1) is 4.90 Å². The van der Waals surface area contributed by atoms with Crippen LogP contribution in [0.15, 0.2) is 53.4 Å². The molecule has 0 fully saturated rings. The highest BCUT2D eigenvalue weighted by Gasteiger charge is 2.14. The summed E-state index contributed by atoms with van der Waals surface area (Å²) in [5.41, 5.74) is 2.18. The van der Waals surface area contributed by atoms with Crippen molar-refractivity contribution in [3.63, 3.8) is 0 Å². The normalized spacial score (nSPS) is 11.3. The Morgan fingerprint density at radius 2 is 1.45 bits per heavy atom. The lowest BCUT2D eigenvalue weighted by molar-refractivity contribution is -0.116. The van der Waals surface area contributed by atoms with Gasteiger partial charge in [-0.25, -0.2) is 13.1 Å². The van der Waals surface area contributed by atoms with Crippen molar-refractivity contribution in [3.8, 4) is 0 Å². The molecule has 0 saturated heterocycles. The lowest BCUT2D eigenvalue weighted by Gasteiger charge is -2.10. The lowest BCUT2D eigenvalue weighted by atomic mass is 10.1. The molecule has 0 bridgehead atoms. The number of rotatable bonds is 9. The van der Waals surface area contributed by atoms with Crippen molar-refractivity contribution in [2.45, 2.75) is 38.5 Å². The summed E-state index contributed by atoms with van der Waals surface area (Å²) in [6, 6.07) is 13.4. The summed E-state index contributed by atoms with van der Waals surface area (Å²) in [6.45, 7) is 5.69. The first-order valence-corrected chi connectivity index (χ1v) is 10.9. The molecule has 2 amide bonds. The van der Waals surface area contributed by atoms with Crippen molar-refractivity contribution in [2.24, 2.45) is 5.92 Å². The van der Waals surface area contributed by atoms with Crippen LogP contribution in [0.3, 0.4) is 0 Å². The fourth-order valence-corrected chi connectivity index (χ4v) is 3.73. The van der Waals surface area contributed by atoms with Gasteiger partial charge in [0.1, 0.15) is 0 Å². The molecule has 2 aromatic rings. The van der Waals surface area contributed by atoms with Crippen LogP contribution >= 0.6 is 0 Å². The quantitative estimate of drug-likeness (QED) is 0.583. The first-order valence-electron chi connectivity index (χ1n) is 9.42. The van der Waals surface area contributed by atoms with Crippen LogP contribution in [0.2, 0.25) is 0 Å². The van der Waals surface area contributed by atoms with Crippen LogP contribution in [-0.4, -0.2) is 26.8 Å². The van der Waals surface area contributed by atoms with Crippen LogP contribution in [0.1, 0.15) is 32.8 Å². The Hall–Kier alpha value is -2.71. The highest BCUT2D eigenvalue weighted by molar-refractivity contribution is 7.89. The molecule has 8 heteroatoms. The van der Waals surface area contributed by atoms with Gasteiger partial charge in [-0.15, -0.1) is 0 Å². The minimum atomic E-state index is -3.51. The molecule has 0 spiro atoms. The monoisotopic (exact) mass is 417 g/mol. The van der Waals surface area contributed by atoms with Crippen molar-refractivity contribution in [1.82, 2.24) is 4.72 Å². The second-order valence-electron chi connectivity index (χ2n) is 7.20. The van der Waals surface area contributed by atoms with Gasteiger partial charge in [-0.2, -0.15) is 0 Å². The van der Waals surface area contributed by atoms with E-state index in [2.05, 4.69) is 15.4 Å². The molecule has 0 saturated carbocycles. The van der Waals surface area contributed by atoms with Crippen LogP contribution in [0.4, 0.5) is 11.4 Å². The van der Waals surface area contributed by atoms with Gasteiger partial charge in [0, 0.05) is 31.3 Å². The third kappa shape index (κ3) is 7.67. The summed E-state index contributed by atoms with van der Waals surface area (Å²) in [4.78, 5) is 23.4. The molecule has 7 nitrogen and oxygen atoms in total. The van der Waals surface area contributed by atoms with Crippen LogP contribution in [0.5, 0.6) is 0 Å². The molecular formula is C21H27N3O4S. The number of benzene rings is 2. The number of anilines is 2. The summed E-state index contributed by atoms with van der Waals surface area (Å²) < 4.78 is 27.0. The Bertz CT molecular complexity index is 937. The summed E-state index contributed by atoms with van der Waals surface area (Å²) in [5.74, 6) is -0.0759. The second-order valence-corrected chi connectivity index (χ2v) is 8.96. The van der Waals surface area contributed by atoms with Gasteiger partial charge in [0.25, 0.3) is 0 Å². The van der Waals surface area contributed by atoms with Crippen LogP contribution in [0, 0.1) is 5.92 Å². The van der Waals surface area contributed by atoms with E-state index in [1.807, 2.05) is 13.8 Å². The maximum atomic E-state index is 12.2. The van der Waals surface area contributed by atoms with E-state index < -0.39 is 10.0 Å². The molecule has 0 heterocycles. The zero-order chi connectivity index (χ0) is 21.4. The van der Waals surface area contributed by atoms with E-state index in [4.69, 9.17) is 0 Å². The predicted octanol–water partition coefficient (Wildman–Crippen LogP) is 3.15. The van der Waals surface area contributed by atoms with Gasteiger partial charge in [0.2, 0.25) is 21.8 Å². The molecule has 0 atom stereocenters. The molecule has 29 heavy (non-hydrogen) atoms. The maximum Gasteiger partial charge on any atom is 0.240 e. The van der Waals surface area contributed by atoms with Gasteiger partial charge < -0.3 is 10.6 Å². The molecule has 2 rings (SSSR count). The zero-order valence-electron chi connectivity index (χ0n) is 16.9. The Balaban J connectivity index is 1.86. The van der Waals surface area contributed by atoms with Crippen molar-refractivity contribution >= 4 is 33.2 Å². The van der Waals surface area contributed by atoms with Gasteiger partial charge >= 0.3 is 0 Å². The van der Waals surface area contributed by atoms with Crippen molar-refractivity contribution in [1.29, 1.82) is 0 Å². The standard InChI is InChI=1S/C21H27N3O4S/c1-15(2)14-22-29(27,28)20-11-4-17(5-12-20)6-13-21(26)24-19-9-7-18(8-10-19)23-16(3)25/h4-5,7-12,15,22H,6,13-14H2,1-3H3,(H,23,25)(H,24,26). The molecule has 0 aliphatic rings. The number of nitrogens with one attached hydrogen (secondary N) is 3. The average Bonchev–Trinajstić information content (AvgIpc) is 2.66. The van der Waals surface area contributed by atoms with Crippen molar-refractivity contribution in [3.05, 3.63) is 54.1 Å². The van der Waals surface area contributed by atoms with Crippen molar-refractivity contribution < 1.29 is 18.0 Å².